The average molecular weight is 209 g/mol. The van der Waals surface area contributed by atoms with Crippen LogP contribution < -0.4 is 4.90 Å². The number of carboxylic acid groups (broad SMARTS) is 1. The molecule has 15 heavy (non-hydrogen) atoms. The molecule has 0 amide bonds. The number of rotatable bonds is 2. The van der Waals surface area contributed by atoms with Gasteiger partial charge in [0.15, 0.2) is 5.82 Å². The molecule has 0 aliphatic heterocycles. The maximum absolute atomic E-state index is 10.7. The summed E-state index contributed by atoms with van der Waals surface area (Å²) in [6.07, 6.45) is 1.24. The summed E-state index contributed by atoms with van der Waals surface area (Å²) in [4.78, 5) is 12.6. The zero-order valence-electron chi connectivity index (χ0n) is 9.35. The quantitative estimate of drug-likeness (QED) is 0.797. The van der Waals surface area contributed by atoms with Gasteiger partial charge in [0.1, 0.15) is 0 Å². The first-order valence-electron chi connectivity index (χ1n) is 4.62. The molecule has 1 N–H and O–H groups in total. The topological polar surface area (TPSA) is 66.3 Å². The highest BCUT2D eigenvalue weighted by Gasteiger charge is 2.19. The van der Waals surface area contributed by atoms with Crippen molar-refractivity contribution in [2.75, 3.05) is 11.9 Å². The molecule has 1 aromatic rings. The number of aromatic carboxylic acids is 1. The maximum atomic E-state index is 10.7. The lowest BCUT2D eigenvalue weighted by Gasteiger charge is -2.32. The molecule has 0 aliphatic rings. The molecule has 0 aliphatic carbocycles. The molecule has 0 aromatic carbocycles. The van der Waals surface area contributed by atoms with Crippen molar-refractivity contribution >= 4 is 11.8 Å². The van der Waals surface area contributed by atoms with E-state index in [9.17, 15) is 4.79 Å². The van der Waals surface area contributed by atoms with Crippen molar-refractivity contribution in [3.8, 4) is 0 Å². The summed E-state index contributed by atoms with van der Waals surface area (Å²) in [5, 5.41) is 16.4. The van der Waals surface area contributed by atoms with Crippen molar-refractivity contribution in [1.29, 1.82) is 0 Å². The van der Waals surface area contributed by atoms with Gasteiger partial charge in [-0.3, -0.25) is 0 Å². The molecule has 0 bridgehead atoms. The Labute approximate surface area is 88.7 Å². The van der Waals surface area contributed by atoms with E-state index >= 15 is 0 Å². The largest absolute Gasteiger partial charge is 0.478 e. The minimum absolute atomic E-state index is 0.119. The number of carboxylic acids is 1. The van der Waals surface area contributed by atoms with E-state index in [1.165, 1.54) is 12.3 Å². The van der Waals surface area contributed by atoms with E-state index in [-0.39, 0.29) is 11.1 Å². The van der Waals surface area contributed by atoms with Gasteiger partial charge in [0, 0.05) is 12.6 Å². The third kappa shape index (κ3) is 2.65. The van der Waals surface area contributed by atoms with Crippen LogP contribution in [-0.2, 0) is 0 Å². The normalized spacial score (nSPS) is 11.2. The molecule has 0 radical (unpaired) electrons. The highest BCUT2D eigenvalue weighted by Crippen LogP contribution is 2.19. The number of carbonyl (C=O) groups is 1. The summed E-state index contributed by atoms with van der Waals surface area (Å²) in [5.74, 6) is -0.434. The van der Waals surface area contributed by atoms with E-state index in [1.807, 2.05) is 32.7 Å². The van der Waals surface area contributed by atoms with Gasteiger partial charge in [0.05, 0.1) is 11.8 Å². The first kappa shape index (κ1) is 11.4. The predicted molar refractivity (Wildman–Crippen MR) is 57.1 cm³/mol. The number of hydrogen-bond donors (Lipinski definition) is 1. The van der Waals surface area contributed by atoms with Gasteiger partial charge in [-0.15, -0.1) is 5.10 Å². The third-order valence-corrected chi connectivity index (χ3v) is 2.24. The number of nitrogens with zero attached hydrogens (tertiary/aromatic N) is 3. The molecule has 0 fully saturated rings. The highest BCUT2D eigenvalue weighted by molar-refractivity contribution is 5.87. The summed E-state index contributed by atoms with van der Waals surface area (Å²) < 4.78 is 0. The molecule has 1 rings (SSSR count). The van der Waals surface area contributed by atoms with Crippen molar-refractivity contribution in [2.45, 2.75) is 26.3 Å². The lowest BCUT2D eigenvalue weighted by atomic mass is 10.1. The van der Waals surface area contributed by atoms with Crippen LogP contribution in [0.4, 0.5) is 5.82 Å². The Morgan fingerprint density at radius 1 is 1.47 bits per heavy atom. The molecule has 1 heterocycles. The molecule has 0 unspecified atom stereocenters. The van der Waals surface area contributed by atoms with Crippen molar-refractivity contribution < 1.29 is 9.90 Å². The number of hydrogen-bond acceptors (Lipinski definition) is 4. The molecule has 0 spiro atoms. The molecule has 1 aromatic heterocycles. The highest BCUT2D eigenvalue weighted by atomic mass is 16.4. The van der Waals surface area contributed by atoms with Gasteiger partial charge < -0.3 is 10.0 Å². The Balaban J connectivity index is 3.06. The van der Waals surface area contributed by atoms with Gasteiger partial charge in [0.2, 0.25) is 0 Å². The first-order valence-corrected chi connectivity index (χ1v) is 4.62. The van der Waals surface area contributed by atoms with E-state index < -0.39 is 5.97 Å². The summed E-state index contributed by atoms with van der Waals surface area (Å²) in [6, 6.07) is 1.51. The second kappa shape index (κ2) is 3.84. The number of aromatic nitrogens is 2. The van der Waals surface area contributed by atoms with Crippen molar-refractivity contribution in [3.63, 3.8) is 0 Å². The molecule has 0 saturated heterocycles. The Kier molecular flexibility index (Phi) is 2.93. The second-order valence-electron chi connectivity index (χ2n) is 4.34. The third-order valence-electron chi connectivity index (χ3n) is 2.24. The van der Waals surface area contributed by atoms with Crippen molar-refractivity contribution in [1.82, 2.24) is 10.2 Å². The zero-order valence-corrected chi connectivity index (χ0v) is 9.35. The zero-order chi connectivity index (χ0) is 11.6. The van der Waals surface area contributed by atoms with Crippen molar-refractivity contribution in [3.05, 3.63) is 17.8 Å². The van der Waals surface area contributed by atoms with Gasteiger partial charge >= 0.3 is 5.97 Å². The molecule has 0 atom stereocenters. The van der Waals surface area contributed by atoms with Gasteiger partial charge in [-0.1, -0.05) is 0 Å². The van der Waals surface area contributed by atoms with Gasteiger partial charge in [0.25, 0.3) is 0 Å². The van der Waals surface area contributed by atoms with Crippen LogP contribution in [-0.4, -0.2) is 33.9 Å². The molecule has 5 heteroatoms. The van der Waals surface area contributed by atoms with E-state index in [2.05, 4.69) is 10.2 Å². The van der Waals surface area contributed by atoms with E-state index in [0.717, 1.165) is 0 Å². The summed E-state index contributed by atoms with van der Waals surface area (Å²) >= 11 is 0. The number of anilines is 1. The summed E-state index contributed by atoms with van der Waals surface area (Å²) in [7, 11) is 1.86. The Hall–Kier alpha value is -1.65. The SMILES string of the molecule is CN(c1cc(C(=O)O)cnn1)C(C)(C)C. The smallest absolute Gasteiger partial charge is 0.337 e. The lowest BCUT2D eigenvalue weighted by Crippen LogP contribution is -2.38. The minimum atomic E-state index is -0.992. The van der Waals surface area contributed by atoms with Crippen LogP contribution in [0, 0.1) is 0 Å². The first-order chi connectivity index (χ1) is 6.82. The van der Waals surface area contributed by atoms with Gasteiger partial charge in [-0.2, -0.15) is 5.10 Å². The lowest BCUT2D eigenvalue weighted by molar-refractivity contribution is 0.0696. The average Bonchev–Trinajstić information content (AvgIpc) is 2.15. The van der Waals surface area contributed by atoms with Crippen LogP contribution in [0.5, 0.6) is 0 Å². The van der Waals surface area contributed by atoms with Crippen molar-refractivity contribution in [2.24, 2.45) is 0 Å². The molecule has 0 saturated carbocycles. The molecular formula is C10H15N3O2. The van der Waals surface area contributed by atoms with Gasteiger partial charge in [-0.25, -0.2) is 4.79 Å². The molecular weight excluding hydrogens is 194 g/mol. The van der Waals surface area contributed by atoms with Crippen LogP contribution in [0.25, 0.3) is 0 Å². The standard InChI is InChI=1S/C10H15N3O2/c1-10(2,3)13(4)8-5-7(9(14)15)6-11-12-8/h5-6H,1-4H3,(H,14,15). The second-order valence-corrected chi connectivity index (χ2v) is 4.34. The van der Waals surface area contributed by atoms with Gasteiger partial charge in [-0.05, 0) is 26.8 Å². The minimum Gasteiger partial charge on any atom is -0.478 e. The van der Waals surface area contributed by atoms with Crippen LogP contribution in [0.1, 0.15) is 31.1 Å². The molecule has 82 valence electrons. The Morgan fingerprint density at radius 2 is 2.07 bits per heavy atom. The van der Waals surface area contributed by atoms with Crippen LogP contribution in [0.3, 0.4) is 0 Å². The Bertz CT molecular complexity index is 371. The fourth-order valence-corrected chi connectivity index (χ4v) is 0.980. The van der Waals surface area contributed by atoms with E-state index in [1.54, 1.807) is 0 Å². The fraction of sp³-hybridized carbons (Fsp3) is 0.500. The van der Waals surface area contributed by atoms with E-state index in [0.29, 0.717) is 5.82 Å². The van der Waals surface area contributed by atoms with E-state index in [4.69, 9.17) is 5.11 Å². The van der Waals surface area contributed by atoms with Crippen LogP contribution >= 0.6 is 0 Å². The maximum Gasteiger partial charge on any atom is 0.337 e. The Morgan fingerprint density at radius 3 is 2.53 bits per heavy atom. The predicted octanol–water partition coefficient (Wildman–Crippen LogP) is 1.41. The summed E-state index contributed by atoms with van der Waals surface area (Å²) in [6.45, 7) is 6.05. The van der Waals surface area contributed by atoms with Crippen LogP contribution in [0.15, 0.2) is 12.3 Å². The van der Waals surface area contributed by atoms with Crippen LogP contribution in [0.2, 0.25) is 0 Å². The molecule has 5 nitrogen and oxygen atoms in total. The fourth-order valence-electron chi connectivity index (χ4n) is 0.980. The monoisotopic (exact) mass is 209 g/mol. The summed E-state index contributed by atoms with van der Waals surface area (Å²) in [5.41, 5.74) is 0.0299.